The second-order valence-corrected chi connectivity index (χ2v) is 4.21. The van der Waals surface area contributed by atoms with Gasteiger partial charge in [0.1, 0.15) is 6.10 Å². The van der Waals surface area contributed by atoms with Crippen molar-refractivity contribution in [2.75, 3.05) is 11.9 Å². The van der Waals surface area contributed by atoms with Crippen LogP contribution in [0.15, 0.2) is 29.4 Å². The van der Waals surface area contributed by atoms with E-state index in [0.717, 1.165) is 16.6 Å². The molecule has 0 amide bonds. The summed E-state index contributed by atoms with van der Waals surface area (Å²) in [5, 5.41) is 8.51. The smallest absolute Gasteiger partial charge is 0.289 e. The number of aliphatic imine (C=N–C) groups is 1. The van der Waals surface area contributed by atoms with Crippen LogP contribution in [-0.4, -0.2) is 28.5 Å². The molecule has 3 rings (SSSR count). The van der Waals surface area contributed by atoms with E-state index in [-0.39, 0.29) is 6.10 Å². The molecule has 1 aromatic heterocycles. The molecule has 0 bridgehead atoms. The Morgan fingerprint density at radius 2 is 2.35 bits per heavy atom. The van der Waals surface area contributed by atoms with Crippen molar-refractivity contribution in [3.8, 4) is 0 Å². The number of rotatable bonds is 1. The average molecular weight is 230 g/mol. The Bertz CT molecular complexity index is 587. The minimum absolute atomic E-state index is 0.158. The van der Waals surface area contributed by atoms with Gasteiger partial charge in [-0.3, -0.25) is 4.68 Å². The fourth-order valence-corrected chi connectivity index (χ4v) is 1.95. The summed E-state index contributed by atoms with van der Waals surface area (Å²) < 4.78 is 7.38. The van der Waals surface area contributed by atoms with E-state index in [0.29, 0.717) is 12.6 Å². The van der Waals surface area contributed by atoms with Crippen molar-refractivity contribution in [2.45, 2.75) is 13.0 Å². The average Bonchev–Trinajstić information content (AvgIpc) is 2.88. The number of anilines is 1. The third-order valence-electron chi connectivity index (χ3n) is 2.84. The van der Waals surface area contributed by atoms with Gasteiger partial charge in [-0.05, 0) is 19.1 Å². The lowest BCUT2D eigenvalue weighted by atomic mass is 10.2. The Kier molecular flexibility index (Phi) is 2.24. The molecule has 0 radical (unpaired) electrons. The van der Waals surface area contributed by atoms with E-state index in [1.54, 1.807) is 0 Å². The van der Waals surface area contributed by atoms with E-state index in [4.69, 9.17) is 4.74 Å². The number of ether oxygens (including phenoxy) is 1. The molecule has 1 atom stereocenters. The van der Waals surface area contributed by atoms with Gasteiger partial charge in [0.15, 0.2) is 0 Å². The van der Waals surface area contributed by atoms with Crippen LogP contribution < -0.4 is 5.32 Å². The van der Waals surface area contributed by atoms with Crippen molar-refractivity contribution in [2.24, 2.45) is 12.0 Å². The van der Waals surface area contributed by atoms with Crippen LogP contribution in [0, 0.1) is 0 Å². The first kappa shape index (κ1) is 10.1. The number of aryl methyl sites for hydroxylation is 1. The first-order valence-electron chi connectivity index (χ1n) is 5.63. The van der Waals surface area contributed by atoms with E-state index < -0.39 is 0 Å². The van der Waals surface area contributed by atoms with Crippen molar-refractivity contribution in [1.29, 1.82) is 0 Å². The minimum atomic E-state index is 0.158. The van der Waals surface area contributed by atoms with Gasteiger partial charge in [0, 0.05) is 12.4 Å². The fourth-order valence-electron chi connectivity index (χ4n) is 1.95. The molecule has 5 heteroatoms. The van der Waals surface area contributed by atoms with E-state index in [2.05, 4.69) is 15.4 Å². The second-order valence-electron chi connectivity index (χ2n) is 4.21. The Morgan fingerprint density at radius 1 is 1.47 bits per heavy atom. The maximum absolute atomic E-state index is 5.53. The van der Waals surface area contributed by atoms with E-state index in [9.17, 15) is 0 Å². The highest BCUT2D eigenvalue weighted by molar-refractivity contribution is 6.00. The summed E-state index contributed by atoms with van der Waals surface area (Å²) >= 11 is 0. The van der Waals surface area contributed by atoms with Crippen molar-refractivity contribution >= 4 is 22.6 Å². The number of hydrogen-bond donors (Lipinski definition) is 1. The molecule has 2 aromatic rings. The van der Waals surface area contributed by atoms with Crippen LogP contribution in [0.25, 0.3) is 10.9 Å². The molecule has 2 heterocycles. The number of nitrogens with zero attached hydrogens (tertiary/aromatic N) is 3. The minimum Gasteiger partial charge on any atom is -0.460 e. The largest absolute Gasteiger partial charge is 0.460 e. The summed E-state index contributed by atoms with van der Waals surface area (Å²) in [6.45, 7) is 2.72. The predicted octanol–water partition coefficient (Wildman–Crippen LogP) is 1.76. The molecule has 1 aromatic carbocycles. The summed E-state index contributed by atoms with van der Waals surface area (Å²) in [5.74, 6) is 0. The monoisotopic (exact) mass is 230 g/mol. The molecule has 17 heavy (non-hydrogen) atoms. The maximum atomic E-state index is 5.53. The van der Waals surface area contributed by atoms with Crippen molar-refractivity contribution < 1.29 is 4.74 Å². The van der Waals surface area contributed by atoms with Crippen molar-refractivity contribution in [3.05, 3.63) is 24.4 Å². The molecule has 5 nitrogen and oxygen atoms in total. The lowest BCUT2D eigenvalue weighted by Crippen LogP contribution is -2.15. The maximum Gasteiger partial charge on any atom is 0.289 e. The van der Waals surface area contributed by atoms with Crippen LogP contribution in [0.3, 0.4) is 0 Å². The normalized spacial score (nSPS) is 19.2. The van der Waals surface area contributed by atoms with E-state index >= 15 is 0 Å². The number of aromatic nitrogens is 2. The molecule has 88 valence electrons. The highest BCUT2D eigenvalue weighted by Crippen LogP contribution is 2.23. The van der Waals surface area contributed by atoms with Gasteiger partial charge < -0.3 is 10.1 Å². The number of nitrogens with one attached hydrogen (secondary N) is 1. The lowest BCUT2D eigenvalue weighted by molar-refractivity contribution is 0.245. The number of amidine groups is 1. The first-order valence-corrected chi connectivity index (χ1v) is 5.63. The molecule has 1 unspecified atom stereocenters. The van der Waals surface area contributed by atoms with Crippen LogP contribution in [0.2, 0.25) is 0 Å². The van der Waals surface area contributed by atoms with Gasteiger partial charge in [0.25, 0.3) is 6.02 Å². The number of fused-ring (bicyclic) bond motifs is 1. The third kappa shape index (κ3) is 1.73. The summed E-state index contributed by atoms with van der Waals surface area (Å²) in [6.07, 6.45) is 2.00. The van der Waals surface area contributed by atoms with Crippen LogP contribution >= 0.6 is 0 Å². The summed E-state index contributed by atoms with van der Waals surface area (Å²) in [6, 6.07) is 6.62. The number of benzene rings is 1. The molecule has 0 saturated heterocycles. The van der Waals surface area contributed by atoms with Gasteiger partial charge in [0.05, 0.1) is 23.9 Å². The standard InChI is InChI=1S/C12H14N4O/c1-8-6-13-12(17-8)15-10-4-3-5-11-9(10)7-14-16(11)2/h3-5,7-8H,6H2,1-2H3,(H,13,15). The van der Waals surface area contributed by atoms with Gasteiger partial charge in [-0.2, -0.15) is 5.10 Å². The zero-order valence-electron chi connectivity index (χ0n) is 9.84. The first-order chi connectivity index (χ1) is 8.24. The summed E-state index contributed by atoms with van der Waals surface area (Å²) in [5.41, 5.74) is 2.06. The Hall–Kier alpha value is -2.04. The van der Waals surface area contributed by atoms with Crippen LogP contribution in [0.1, 0.15) is 6.92 Å². The Morgan fingerprint density at radius 3 is 3.12 bits per heavy atom. The zero-order chi connectivity index (χ0) is 11.8. The van der Waals surface area contributed by atoms with Crippen molar-refractivity contribution in [1.82, 2.24) is 9.78 Å². The van der Waals surface area contributed by atoms with Gasteiger partial charge in [0.2, 0.25) is 0 Å². The van der Waals surface area contributed by atoms with Crippen LogP contribution in [-0.2, 0) is 11.8 Å². The molecular weight excluding hydrogens is 216 g/mol. The highest BCUT2D eigenvalue weighted by Gasteiger charge is 2.16. The fraction of sp³-hybridized carbons (Fsp3) is 0.333. The van der Waals surface area contributed by atoms with Gasteiger partial charge in [-0.15, -0.1) is 0 Å². The molecule has 0 fully saturated rings. The van der Waals surface area contributed by atoms with Crippen molar-refractivity contribution in [3.63, 3.8) is 0 Å². The molecule has 0 spiro atoms. The van der Waals surface area contributed by atoms with E-state index in [1.807, 2.05) is 43.0 Å². The molecule has 0 aliphatic carbocycles. The quantitative estimate of drug-likeness (QED) is 0.812. The topological polar surface area (TPSA) is 51.4 Å². The lowest BCUT2D eigenvalue weighted by Gasteiger charge is -2.08. The van der Waals surface area contributed by atoms with Crippen LogP contribution in [0.5, 0.6) is 0 Å². The van der Waals surface area contributed by atoms with Gasteiger partial charge in [-0.25, -0.2) is 4.99 Å². The van der Waals surface area contributed by atoms with Gasteiger partial charge in [-0.1, -0.05) is 6.07 Å². The van der Waals surface area contributed by atoms with Gasteiger partial charge >= 0.3 is 0 Å². The summed E-state index contributed by atoms with van der Waals surface area (Å²) in [4.78, 5) is 4.28. The molecule has 1 aliphatic rings. The Labute approximate surface area is 99.1 Å². The third-order valence-corrected chi connectivity index (χ3v) is 2.84. The van der Waals surface area contributed by atoms with Crippen LogP contribution in [0.4, 0.5) is 5.69 Å². The molecule has 1 aliphatic heterocycles. The predicted molar refractivity (Wildman–Crippen MR) is 67.2 cm³/mol. The second kappa shape index (κ2) is 3.76. The molecule has 0 saturated carbocycles. The number of hydrogen-bond acceptors (Lipinski definition) is 4. The Balaban J connectivity index is 1.95. The SMILES string of the molecule is CC1CN=C(Nc2cccc3c2cnn3C)O1. The highest BCUT2D eigenvalue weighted by atomic mass is 16.5. The molecule has 1 N–H and O–H groups in total. The zero-order valence-corrected chi connectivity index (χ0v) is 9.84. The summed E-state index contributed by atoms with van der Waals surface area (Å²) in [7, 11) is 1.93. The molecular formula is C12H14N4O. The van der Waals surface area contributed by atoms with E-state index in [1.165, 1.54) is 0 Å².